The zero-order chi connectivity index (χ0) is 22.6. The van der Waals surface area contributed by atoms with Gasteiger partial charge in [0.2, 0.25) is 0 Å². The van der Waals surface area contributed by atoms with Crippen molar-refractivity contribution in [3.8, 4) is 11.8 Å². The maximum Gasteiger partial charge on any atom is 0.266 e. The predicted octanol–water partition coefficient (Wildman–Crippen LogP) is 7.42. The number of ether oxygens (including phenoxy) is 1. The molecule has 1 amide bonds. The summed E-state index contributed by atoms with van der Waals surface area (Å²) < 4.78 is 18.7. The summed E-state index contributed by atoms with van der Waals surface area (Å²) in [7, 11) is 0. The Bertz CT molecular complexity index is 930. The molecule has 4 nitrogen and oxygen atoms in total. The Morgan fingerprint density at radius 3 is 2.32 bits per heavy atom. The number of unbranched alkanes of at least 4 members (excludes halogenated alkanes) is 5. The number of benzene rings is 2. The van der Waals surface area contributed by atoms with Crippen molar-refractivity contribution in [2.75, 3.05) is 11.9 Å². The van der Waals surface area contributed by atoms with Crippen LogP contribution in [0.15, 0.2) is 42.0 Å². The number of nitrogens with one attached hydrogen (secondary N) is 1. The first-order valence-electron chi connectivity index (χ1n) is 10.2. The number of carbonyl (C=O) groups excluding carboxylic acids is 1. The Morgan fingerprint density at radius 1 is 1.10 bits per heavy atom. The molecular formula is C24H25Cl2FN2O2. The number of rotatable bonds is 11. The van der Waals surface area contributed by atoms with E-state index in [4.69, 9.17) is 27.9 Å². The van der Waals surface area contributed by atoms with Crippen LogP contribution >= 0.6 is 23.2 Å². The lowest BCUT2D eigenvalue weighted by Gasteiger charge is -2.11. The van der Waals surface area contributed by atoms with Gasteiger partial charge in [-0.2, -0.15) is 5.26 Å². The average Bonchev–Trinajstić information content (AvgIpc) is 2.74. The van der Waals surface area contributed by atoms with Crippen LogP contribution in [0.1, 0.15) is 51.0 Å². The average molecular weight is 463 g/mol. The third kappa shape index (κ3) is 8.24. The van der Waals surface area contributed by atoms with Crippen molar-refractivity contribution in [2.45, 2.75) is 45.4 Å². The Labute approximate surface area is 192 Å². The minimum atomic E-state index is -0.621. The molecule has 0 heterocycles. The highest BCUT2D eigenvalue weighted by atomic mass is 35.5. The number of amides is 1. The first-order valence-corrected chi connectivity index (χ1v) is 11.0. The lowest BCUT2D eigenvalue weighted by atomic mass is 10.1. The van der Waals surface area contributed by atoms with Crippen LogP contribution in [0.2, 0.25) is 10.0 Å². The fourth-order valence-electron chi connectivity index (χ4n) is 2.90. The van der Waals surface area contributed by atoms with Gasteiger partial charge in [0.05, 0.1) is 16.7 Å². The Kier molecular flexibility index (Phi) is 10.4. The van der Waals surface area contributed by atoms with Crippen molar-refractivity contribution in [1.82, 2.24) is 0 Å². The van der Waals surface area contributed by atoms with Crippen molar-refractivity contribution in [2.24, 2.45) is 0 Å². The molecule has 0 aliphatic carbocycles. The molecule has 0 aliphatic rings. The van der Waals surface area contributed by atoms with Crippen LogP contribution in [0.4, 0.5) is 10.1 Å². The third-order valence-electron chi connectivity index (χ3n) is 4.54. The normalized spacial score (nSPS) is 11.1. The second kappa shape index (κ2) is 13.0. The first kappa shape index (κ1) is 24.7. The van der Waals surface area contributed by atoms with E-state index >= 15 is 0 Å². The zero-order valence-corrected chi connectivity index (χ0v) is 18.9. The van der Waals surface area contributed by atoms with E-state index in [1.165, 1.54) is 56.0 Å². The van der Waals surface area contributed by atoms with E-state index in [0.717, 1.165) is 12.8 Å². The van der Waals surface area contributed by atoms with Gasteiger partial charge in [-0.25, -0.2) is 4.39 Å². The van der Waals surface area contributed by atoms with Gasteiger partial charge in [0.15, 0.2) is 5.75 Å². The molecule has 0 saturated heterocycles. The molecule has 31 heavy (non-hydrogen) atoms. The van der Waals surface area contributed by atoms with Crippen LogP contribution in [-0.4, -0.2) is 12.5 Å². The van der Waals surface area contributed by atoms with Gasteiger partial charge >= 0.3 is 0 Å². The second-order valence-electron chi connectivity index (χ2n) is 7.06. The van der Waals surface area contributed by atoms with Crippen molar-refractivity contribution in [1.29, 1.82) is 5.26 Å². The van der Waals surface area contributed by atoms with E-state index in [9.17, 15) is 14.4 Å². The van der Waals surface area contributed by atoms with E-state index in [1.54, 1.807) is 12.1 Å². The quantitative estimate of drug-likeness (QED) is 0.214. The van der Waals surface area contributed by atoms with E-state index in [2.05, 4.69) is 12.2 Å². The van der Waals surface area contributed by atoms with Gasteiger partial charge in [0.25, 0.3) is 5.91 Å². The standard InChI is InChI=1S/C24H25Cl2FN2O2/c1-2-3-4-5-6-7-12-31-23-21(25)14-17(15-22(23)26)13-18(16-28)24(30)29-20-10-8-19(27)9-11-20/h8-11,13-15H,2-7,12H2,1H3,(H,29,30). The predicted molar refractivity (Wildman–Crippen MR) is 124 cm³/mol. The number of hydrogen-bond acceptors (Lipinski definition) is 3. The summed E-state index contributed by atoms with van der Waals surface area (Å²) >= 11 is 12.6. The molecule has 0 fully saturated rings. The van der Waals surface area contributed by atoms with E-state index in [0.29, 0.717) is 33.7 Å². The highest BCUT2D eigenvalue weighted by Crippen LogP contribution is 2.35. The molecule has 0 aromatic heterocycles. The van der Waals surface area contributed by atoms with Crippen molar-refractivity contribution in [3.63, 3.8) is 0 Å². The molecule has 2 aromatic rings. The molecule has 0 atom stereocenters. The zero-order valence-electron chi connectivity index (χ0n) is 17.4. The first-order chi connectivity index (χ1) is 14.9. The summed E-state index contributed by atoms with van der Waals surface area (Å²) in [5, 5.41) is 12.5. The SMILES string of the molecule is CCCCCCCCOc1c(Cl)cc(C=C(C#N)C(=O)Nc2ccc(F)cc2)cc1Cl. The molecule has 0 aliphatic heterocycles. The topological polar surface area (TPSA) is 62.1 Å². The molecule has 0 radical (unpaired) electrons. The second-order valence-corrected chi connectivity index (χ2v) is 7.88. The highest BCUT2D eigenvalue weighted by molar-refractivity contribution is 6.37. The molecule has 1 N–H and O–H groups in total. The monoisotopic (exact) mass is 462 g/mol. The summed E-state index contributed by atoms with van der Waals surface area (Å²) in [6, 6.07) is 10.3. The van der Waals surface area contributed by atoms with Crippen molar-refractivity contribution in [3.05, 3.63) is 63.4 Å². The number of carbonyl (C=O) groups is 1. The molecule has 2 rings (SSSR count). The van der Waals surface area contributed by atoms with Crippen LogP contribution in [0, 0.1) is 17.1 Å². The molecule has 0 saturated carbocycles. The molecule has 7 heteroatoms. The molecule has 164 valence electrons. The van der Waals surface area contributed by atoms with Gasteiger partial charge in [0.1, 0.15) is 17.5 Å². The number of anilines is 1. The lowest BCUT2D eigenvalue weighted by Crippen LogP contribution is -2.13. The van der Waals surface area contributed by atoms with Crippen LogP contribution in [0.25, 0.3) is 6.08 Å². The highest BCUT2D eigenvalue weighted by Gasteiger charge is 2.13. The van der Waals surface area contributed by atoms with Crippen LogP contribution < -0.4 is 10.1 Å². The molecule has 0 spiro atoms. The van der Waals surface area contributed by atoms with Gasteiger partial charge in [-0.1, -0.05) is 62.2 Å². The maximum absolute atomic E-state index is 13.0. The Hall–Kier alpha value is -2.55. The third-order valence-corrected chi connectivity index (χ3v) is 5.10. The molecule has 0 unspecified atom stereocenters. The van der Waals surface area contributed by atoms with Crippen LogP contribution in [-0.2, 0) is 4.79 Å². The van der Waals surface area contributed by atoms with Crippen molar-refractivity contribution >= 4 is 40.9 Å². The minimum absolute atomic E-state index is 0.141. The van der Waals surface area contributed by atoms with E-state index < -0.39 is 11.7 Å². The summed E-state index contributed by atoms with van der Waals surface area (Å²) in [6.45, 7) is 2.70. The van der Waals surface area contributed by atoms with Gasteiger partial charge < -0.3 is 10.1 Å². The summed E-state index contributed by atoms with van der Waals surface area (Å²) in [4.78, 5) is 12.4. The minimum Gasteiger partial charge on any atom is -0.490 e. The number of nitriles is 1. The lowest BCUT2D eigenvalue weighted by molar-refractivity contribution is -0.112. The summed E-state index contributed by atoms with van der Waals surface area (Å²) in [6.07, 6.45) is 8.26. The number of hydrogen-bond donors (Lipinski definition) is 1. The van der Waals surface area contributed by atoms with Gasteiger partial charge in [0, 0.05) is 5.69 Å². The Morgan fingerprint density at radius 2 is 1.71 bits per heavy atom. The summed E-state index contributed by atoms with van der Waals surface area (Å²) in [5.41, 5.74) is 0.729. The Balaban J connectivity index is 2.01. The van der Waals surface area contributed by atoms with Gasteiger partial charge in [-0.3, -0.25) is 4.79 Å². The summed E-state index contributed by atoms with van der Waals surface area (Å²) in [5.74, 6) is -0.648. The van der Waals surface area contributed by atoms with Gasteiger partial charge in [-0.05, 0) is 54.5 Å². The van der Waals surface area contributed by atoms with Crippen LogP contribution in [0.5, 0.6) is 5.75 Å². The molecular weight excluding hydrogens is 438 g/mol. The maximum atomic E-state index is 13.0. The smallest absolute Gasteiger partial charge is 0.266 e. The molecule has 0 bridgehead atoms. The van der Waals surface area contributed by atoms with Crippen molar-refractivity contribution < 1.29 is 13.9 Å². The van der Waals surface area contributed by atoms with Gasteiger partial charge in [-0.15, -0.1) is 0 Å². The fraction of sp³-hybridized carbons (Fsp3) is 0.333. The largest absolute Gasteiger partial charge is 0.490 e. The number of nitrogens with zero attached hydrogens (tertiary/aromatic N) is 1. The van der Waals surface area contributed by atoms with E-state index in [1.807, 2.05) is 6.07 Å². The fourth-order valence-corrected chi connectivity index (χ4v) is 3.52. The van der Waals surface area contributed by atoms with E-state index in [-0.39, 0.29) is 5.57 Å². The van der Waals surface area contributed by atoms with Crippen LogP contribution in [0.3, 0.4) is 0 Å². The molecule has 2 aromatic carbocycles. The number of halogens is 3.